The summed E-state index contributed by atoms with van der Waals surface area (Å²) >= 11 is 0. The van der Waals surface area contributed by atoms with Gasteiger partial charge in [-0.3, -0.25) is 4.98 Å². The molecule has 0 radical (unpaired) electrons. The predicted octanol–water partition coefficient (Wildman–Crippen LogP) is 5.28. The highest BCUT2D eigenvalue weighted by atomic mass is 32.2. The molecule has 1 fully saturated rings. The second-order valence-corrected chi connectivity index (χ2v) is 11.1. The molecule has 38 heavy (non-hydrogen) atoms. The van der Waals surface area contributed by atoms with Crippen LogP contribution in [0.1, 0.15) is 24.8 Å². The molecule has 1 amide bonds. The molecule has 2 aliphatic rings. The van der Waals surface area contributed by atoms with Crippen LogP contribution in [-0.2, 0) is 15.6 Å². The average molecular weight is 529 g/mol. The Bertz CT molecular complexity index is 1610. The number of fused-ring (bicyclic) bond motifs is 1. The van der Waals surface area contributed by atoms with Crippen LogP contribution in [0.4, 0.5) is 16.2 Å². The van der Waals surface area contributed by atoms with E-state index in [2.05, 4.69) is 10.3 Å². The van der Waals surface area contributed by atoms with Gasteiger partial charge in [0, 0.05) is 17.3 Å². The average Bonchev–Trinajstić information content (AvgIpc) is 2.91. The molecule has 9 nitrogen and oxygen atoms in total. The number of amides is 1. The van der Waals surface area contributed by atoms with E-state index in [-0.39, 0.29) is 5.88 Å². The van der Waals surface area contributed by atoms with E-state index in [0.29, 0.717) is 17.1 Å². The van der Waals surface area contributed by atoms with Crippen LogP contribution >= 0.6 is 0 Å². The van der Waals surface area contributed by atoms with Crippen LogP contribution in [0.15, 0.2) is 85.2 Å². The molecule has 6 rings (SSSR count). The minimum atomic E-state index is -3.82. The maximum atomic E-state index is 13.1. The van der Waals surface area contributed by atoms with Gasteiger partial charge in [0.05, 0.1) is 23.1 Å². The number of hydrogen-bond donors (Lipinski definition) is 2. The standard InChI is InChI=1S/C28H24N4O5S/c33-27(34)31-28(13-5-14-28)21-11-9-20(10-12-21)25-23(19-6-2-1-3-7-19)16-24-26(30-25)37-18-38(35,36)32(24)22-8-4-15-29-17-22/h1-4,6-12,15-17,31H,5,13-14,18H2,(H,33,34). The number of anilines is 2. The summed E-state index contributed by atoms with van der Waals surface area (Å²) in [7, 11) is -3.82. The normalized spacial score (nSPS) is 17.0. The summed E-state index contributed by atoms with van der Waals surface area (Å²) in [6.07, 6.45) is 4.48. The molecule has 4 aromatic rings. The minimum absolute atomic E-state index is 0.199. The van der Waals surface area contributed by atoms with Gasteiger partial charge in [-0.25, -0.2) is 22.5 Å². The third-order valence-electron chi connectivity index (χ3n) is 7.04. The van der Waals surface area contributed by atoms with Gasteiger partial charge in [0.1, 0.15) is 5.69 Å². The molecule has 1 aliphatic heterocycles. The number of carboxylic acid groups (broad SMARTS) is 1. The lowest BCUT2D eigenvalue weighted by Gasteiger charge is -2.42. The topological polar surface area (TPSA) is 122 Å². The fraction of sp³-hybridized carbons (Fsp3) is 0.179. The SMILES string of the molecule is O=C(O)NC1(c2ccc(-c3nc4c(cc3-c3ccccc3)N(c3cccnc3)S(=O)(=O)CO4)cc2)CCC1. The number of pyridine rings is 2. The molecule has 2 N–H and O–H groups in total. The quantitative estimate of drug-likeness (QED) is 0.362. The molecule has 0 atom stereocenters. The summed E-state index contributed by atoms with van der Waals surface area (Å²) in [6, 6.07) is 22.4. The smallest absolute Gasteiger partial charge is 0.405 e. The first kappa shape index (κ1) is 23.9. The number of nitrogens with one attached hydrogen (secondary N) is 1. The van der Waals surface area contributed by atoms with E-state index in [1.165, 1.54) is 10.5 Å². The molecule has 0 saturated heterocycles. The van der Waals surface area contributed by atoms with Gasteiger partial charge in [-0.1, -0.05) is 54.6 Å². The summed E-state index contributed by atoms with van der Waals surface area (Å²) in [6.45, 7) is 0. The van der Waals surface area contributed by atoms with E-state index in [9.17, 15) is 18.3 Å². The van der Waals surface area contributed by atoms with E-state index in [1.807, 2.05) is 54.6 Å². The zero-order chi connectivity index (χ0) is 26.3. The Morgan fingerprint density at radius 3 is 2.39 bits per heavy atom. The van der Waals surface area contributed by atoms with E-state index < -0.39 is 27.6 Å². The maximum absolute atomic E-state index is 13.1. The molecule has 0 bridgehead atoms. The van der Waals surface area contributed by atoms with Crippen molar-refractivity contribution in [3.8, 4) is 28.3 Å². The van der Waals surface area contributed by atoms with Gasteiger partial charge in [-0.2, -0.15) is 0 Å². The Hall–Kier alpha value is -4.44. The number of aromatic nitrogens is 2. The van der Waals surface area contributed by atoms with Gasteiger partial charge >= 0.3 is 6.09 Å². The Morgan fingerprint density at radius 1 is 1.00 bits per heavy atom. The van der Waals surface area contributed by atoms with Crippen LogP contribution in [0.5, 0.6) is 5.88 Å². The summed E-state index contributed by atoms with van der Waals surface area (Å²) in [5, 5.41) is 12.0. The Kier molecular flexibility index (Phi) is 5.76. The van der Waals surface area contributed by atoms with Crippen LogP contribution in [0.2, 0.25) is 0 Å². The number of rotatable bonds is 5. The van der Waals surface area contributed by atoms with Crippen LogP contribution in [0, 0.1) is 0 Å². The maximum Gasteiger partial charge on any atom is 0.405 e. The second-order valence-electron chi connectivity index (χ2n) is 9.37. The summed E-state index contributed by atoms with van der Waals surface area (Å²) < 4.78 is 33.1. The first-order valence-electron chi connectivity index (χ1n) is 12.1. The molecule has 0 unspecified atom stereocenters. The van der Waals surface area contributed by atoms with Crippen molar-refractivity contribution < 1.29 is 23.1 Å². The van der Waals surface area contributed by atoms with Gasteiger partial charge in [0.2, 0.25) is 11.8 Å². The van der Waals surface area contributed by atoms with Crippen LogP contribution in [0.25, 0.3) is 22.4 Å². The first-order valence-corrected chi connectivity index (χ1v) is 13.8. The van der Waals surface area contributed by atoms with Gasteiger partial charge in [-0.05, 0) is 48.6 Å². The van der Waals surface area contributed by atoms with Gasteiger partial charge in [0.25, 0.3) is 10.0 Å². The van der Waals surface area contributed by atoms with Crippen molar-refractivity contribution in [1.29, 1.82) is 0 Å². The van der Waals surface area contributed by atoms with Crippen molar-refractivity contribution in [3.05, 3.63) is 90.8 Å². The molecule has 10 heteroatoms. The summed E-state index contributed by atoms with van der Waals surface area (Å²) in [4.78, 5) is 20.3. The largest absolute Gasteiger partial charge is 0.465 e. The zero-order valence-electron chi connectivity index (χ0n) is 20.2. The molecular weight excluding hydrogens is 504 g/mol. The Labute approximate surface area is 219 Å². The number of hydrogen-bond acceptors (Lipinski definition) is 6. The number of sulfonamides is 1. The minimum Gasteiger partial charge on any atom is -0.465 e. The molecule has 1 aliphatic carbocycles. The molecular formula is C28H24N4O5S. The fourth-order valence-corrected chi connectivity index (χ4v) is 6.30. The van der Waals surface area contributed by atoms with Crippen molar-refractivity contribution in [2.24, 2.45) is 0 Å². The molecule has 1 saturated carbocycles. The van der Waals surface area contributed by atoms with Crippen molar-refractivity contribution >= 4 is 27.5 Å². The lowest BCUT2D eigenvalue weighted by atomic mass is 9.71. The lowest BCUT2D eigenvalue weighted by molar-refractivity contribution is 0.144. The number of nitrogens with zero attached hydrogens (tertiary/aromatic N) is 3. The van der Waals surface area contributed by atoms with E-state index in [4.69, 9.17) is 9.72 Å². The zero-order valence-corrected chi connectivity index (χ0v) is 21.1. The number of benzene rings is 2. The molecule has 2 aromatic carbocycles. The van der Waals surface area contributed by atoms with E-state index in [0.717, 1.165) is 41.5 Å². The molecule has 0 spiro atoms. The predicted molar refractivity (Wildman–Crippen MR) is 143 cm³/mol. The van der Waals surface area contributed by atoms with Crippen LogP contribution < -0.4 is 14.4 Å². The van der Waals surface area contributed by atoms with Crippen LogP contribution in [0.3, 0.4) is 0 Å². The third kappa shape index (κ3) is 4.12. The summed E-state index contributed by atoms with van der Waals surface area (Å²) in [5.74, 6) is -0.348. The van der Waals surface area contributed by atoms with Crippen LogP contribution in [-0.4, -0.2) is 35.5 Å². The van der Waals surface area contributed by atoms with E-state index in [1.54, 1.807) is 24.4 Å². The lowest BCUT2D eigenvalue weighted by Crippen LogP contribution is -2.50. The highest BCUT2D eigenvalue weighted by Crippen LogP contribution is 2.45. The monoisotopic (exact) mass is 528 g/mol. The van der Waals surface area contributed by atoms with Gasteiger partial charge in [0.15, 0.2) is 0 Å². The molecule has 2 aromatic heterocycles. The first-order chi connectivity index (χ1) is 18.4. The Morgan fingerprint density at radius 2 is 1.76 bits per heavy atom. The summed E-state index contributed by atoms with van der Waals surface area (Å²) in [5.41, 5.74) is 4.05. The third-order valence-corrected chi connectivity index (χ3v) is 8.42. The van der Waals surface area contributed by atoms with Crippen molar-refractivity contribution in [2.75, 3.05) is 10.2 Å². The van der Waals surface area contributed by atoms with Gasteiger partial charge < -0.3 is 15.2 Å². The highest BCUT2D eigenvalue weighted by Gasteiger charge is 2.40. The van der Waals surface area contributed by atoms with E-state index >= 15 is 0 Å². The number of carbonyl (C=O) groups is 1. The molecule has 192 valence electrons. The second kappa shape index (κ2) is 9.14. The van der Waals surface area contributed by atoms with Crippen molar-refractivity contribution in [2.45, 2.75) is 24.8 Å². The molecule has 3 heterocycles. The van der Waals surface area contributed by atoms with Crippen molar-refractivity contribution in [3.63, 3.8) is 0 Å². The Balaban J connectivity index is 1.49. The number of ether oxygens (including phenoxy) is 1. The van der Waals surface area contributed by atoms with Crippen molar-refractivity contribution in [1.82, 2.24) is 15.3 Å². The fourth-order valence-electron chi connectivity index (χ4n) is 5.07. The highest BCUT2D eigenvalue weighted by molar-refractivity contribution is 7.93. The van der Waals surface area contributed by atoms with Gasteiger partial charge in [-0.15, -0.1) is 0 Å².